The molecule has 1 N–H and O–H groups in total. The SMILES string of the molecule is O=C(c1ccco1)n1c2c(c3cc(S(=O)(=O)O)ccc31)CCCC2. The molecule has 2 aromatic heterocycles. The first-order chi connectivity index (χ1) is 11.5. The van der Waals surface area contributed by atoms with Crippen LogP contribution in [0.5, 0.6) is 0 Å². The van der Waals surface area contributed by atoms with E-state index in [0.29, 0.717) is 10.9 Å². The van der Waals surface area contributed by atoms with Gasteiger partial charge in [-0.3, -0.25) is 13.9 Å². The van der Waals surface area contributed by atoms with Gasteiger partial charge in [0.2, 0.25) is 0 Å². The number of aryl methyl sites for hydroxylation is 1. The molecule has 0 unspecified atom stereocenters. The largest absolute Gasteiger partial charge is 0.459 e. The summed E-state index contributed by atoms with van der Waals surface area (Å²) in [5.74, 6) is -0.0353. The Morgan fingerprint density at radius 1 is 1.17 bits per heavy atom. The molecule has 0 aliphatic heterocycles. The molecule has 1 aliphatic carbocycles. The summed E-state index contributed by atoms with van der Waals surface area (Å²) in [6.07, 6.45) is 4.93. The van der Waals surface area contributed by atoms with Crippen molar-refractivity contribution in [2.75, 3.05) is 0 Å². The molecule has 7 heteroatoms. The van der Waals surface area contributed by atoms with Gasteiger partial charge in [-0.25, -0.2) is 0 Å². The topological polar surface area (TPSA) is 89.5 Å². The molecule has 6 nitrogen and oxygen atoms in total. The molecule has 0 amide bonds. The molecule has 0 bridgehead atoms. The number of fused-ring (bicyclic) bond motifs is 3. The lowest BCUT2D eigenvalue weighted by atomic mass is 9.95. The van der Waals surface area contributed by atoms with Crippen molar-refractivity contribution in [3.8, 4) is 0 Å². The summed E-state index contributed by atoms with van der Waals surface area (Å²) in [4.78, 5) is 12.7. The van der Waals surface area contributed by atoms with Crippen molar-refractivity contribution >= 4 is 26.9 Å². The summed E-state index contributed by atoms with van der Waals surface area (Å²) in [6.45, 7) is 0. The molecule has 0 radical (unpaired) electrons. The number of benzene rings is 1. The molecule has 24 heavy (non-hydrogen) atoms. The van der Waals surface area contributed by atoms with Crippen molar-refractivity contribution in [1.29, 1.82) is 0 Å². The smallest absolute Gasteiger partial charge is 0.298 e. The summed E-state index contributed by atoms with van der Waals surface area (Å²) in [7, 11) is -4.29. The predicted molar refractivity (Wildman–Crippen MR) is 86.8 cm³/mol. The minimum Gasteiger partial charge on any atom is -0.459 e. The number of nitrogens with zero attached hydrogens (tertiary/aromatic N) is 1. The van der Waals surface area contributed by atoms with E-state index in [4.69, 9.17) is 4.42 Å². The van der Waals surface area contributed by atoms with E-state index < -0.39 is 10.1 Å². The van der Waals surface area contributed by atoms with E-state index in [1.165, 1.54) is 18.4 Å². The van der Waals surface area contributed by atoms with Gasteiger partial charge in [0, 0.05) is 11.1 Å². The van der Waals surface area contributed by atoms with E-state index in [2.05, 4.69) is 0 Å². The molecule has 0 saturated heterocycles. The lowest BCUT2D eigenvalue weighted by molar-refractivity contribution is 0.0934. The Hall–Kier alpha value is -2.38. The number of hydrogen-bond acceptors (Lipinski definition) is 4. The van der Waals surface area contributed by atoms with Gasteiger partial charge < -0.3 is 4.42 Å². The Kier molecular flexibility index (Phi) is 3.36. The minimum absolute atomic E-state index is 0.161. The molecule has 0 spiro atoms. The number of hydrogen-bond donors (Lipinski definition) is 1. The second-order valence-corrected chi connectivity index (χ2v) is 7.33. The van der Waals surface area contributed by atoms with Crippen LogP contribution in [0.15, 0.2) is 45.9 Å². The maximum Gasteiger partial charge on any atom is 0.298 e. The first-order valence-electron chi connectivity index (χ1n) is 7.69. The van der Waals surface area contributed by atoms with Crippen LogP contribution in [-0.2, 0) is 23.0 Å². The third-order valence-corrected chi connectivity index (χ3v) is 5.33. The van der Waals surface area contributed by atoms with Crippen LogP contribution < -0.4 is 0 Å². The van der Waals surface area contributed by atoms with Crippen LogP contribution in [0.3, 0.4) is 0 Å². The van der Waals surface area contributed by atoms with Crippen molar-refractivity contribution in [3.63, 3.8) is 0 Å². The van der Waals surface area contributed by atoms with Crippen molar-refractivity contribution < 1.29 is 22.2 Å². The zero-order chi connectivity index (χ0) is 16.9. The third kappa shape index (κ3) is 2.28. The minimum atomic E-state index is -4.29. The highest BCUT2D eigenvalue weighted by atomic mass is 32.2. The number of furan rings is 1. The molecular weight excluding hydrogens is 330 g/mol. The fourth-order valence-corrected chi connectivity index (χ4v) is 3.93. The molecule has 1 aliphatic rings. The second-order valence-electron chi connectivity index (χ2n) is 5.90. The zero-order valence-corrected chi connectivity index (χ0v) is 13.5. The summed E-state index contributed by atoms with van der Waals surface area (Å²) >= 11 is 0. The van der Waals surface area contributed by atoms with Gasteiger partial charge in [-0.2, -0.15) is 8.42 Å². The fourth-order valence-electron chi connectivity index (χ4n) is 3.43. The first kappa shape index (κ1) is 15.2. The summed E-state index contributed by atoms with van der Waals surface area (Å²) in [5.41, 5.74) is 2.50. The maximum atomic E-state index is 12.8. The number of aromatic nitrogens is 1. The lowest BCUT2D eigenvalue weighted by Gasteiger charge is -2.14. The van der Waals surface area contributed by atoms with Gasteiger partial charge in [-0.05, 0) is 61.6 Å². The molecule has 1 aromatic carbocycles. The standard InChI is InChI=1S/C17H15NO5S/c19-17(16-6-3-9-23-16)18-14-5-2-1-4-12(14)13-10-11(24(20,21)22)7-8-15(13)18/h3,6-10H,1-2,4-5H2,(H,20,21,22). The van der Waals surface area contributed by atoms with Gasteiger partial charge in [0.05, 0.1) is 16.7 Å². The van der Waals surface area contributed by atoms with Gasteiger partial charge >= 0.3 is 0 Å². The highest BCUT2D eigenvalue weighted by molar-refractivity contribution is 7.85. The van der Waals surface area contributed by atoms with Gasteiger partial charge in [0.25, 0.3) is 16.0 Å². The summed E-state index contributed by atoms with van der Waals surface area (Å²) in [6, 6.07) is 7.59. The van der Waals surface area contributed by atoms with Crippen LogP contribution >= 0.6 is 0 Å². The van der Waals surface area contributed by atoms with Crippen LogP contribution in [-0.4, -0.2) is 23.4 Å². The van der Waals surface area contributed by atoms with E-state index in [0.717, 1.165) is 36.9 Å². The van der Waals surface area contributed by atoms with Gasteiger partial charge in [0.15, 0.2) is 5.76 Å². The molecule has 0 saturated carbocycles. The quantitative estimate of drug-likeness (QED) is 0.721. The van der Waals surface area contributed by atoms with Crippen LogP contribution in [0, 0.1) is 0 Å². The molecule has 2 heterocycles. The molecule has 3 aromatic rings. The van der Waals surface area contributed by atoms with Crippen molar-refractivity contribution in [2.45, 2.75) is 30.6 Å². The first-order valence-corrected chi connectivity index (χ1v) is 9.13. The Labute approximate surface area is 138 Å². The third-order valence-electron chi connectivity index (χ3n) is 4.48. The zero-order valence-electron chi connectivity index (χ0n) is 12.7. The maximum absolute atomic E-state index is 12.8. The summed E-state index contributed by atoms with van der Waals surface area (Å²) < 4.78 is 39.0. The number of rotatable bonds is 2. The van der Waals surface area contributed by atoms with Crippen molar-refractivity contribution in [3.05, 3.63) is 53.6 Å². The second kappa shape index (κ2) is 5.32. The van der Waals surface area contributed by atoms with E-state index in [1.54, 1.807) is 22.8 Å². The average Bonchev–Trinajstić information content (AvgIpc) is 3.19. The average molecular weight is 345 g/mol. The van der Waals surface area contributed by atoms with E-state index in [-0.39, 0.29) is 16.6 Å². The molecular formula is C17H15NO5S. The Balaban J connectivity index is 2.01. The van der Waals surface area contributed by atoms with Crippen LogP contribution in [0.25, 0.3) is 10.9 Å². The van der Waals surface area contributed by atoms with Crippen LogP contribution in [0.1, 0.15) is 34.7 Å². The normalized spacial score (nSPS) is 14.7. The van der Waals surface area contributed by atoms with Crippen molar-refractivity contribution in [2.24, 2.45) is 0 Å². The predicted octanol–water partition coefficient (Wildman–Crippen LogP) is 3.05. The van der Waals surface area contributed by atoms with Gasteiger partial charge in [-0.15, -0.1) is 0 Å². The number of carbonyl (C=O) groups is 1. The highest BCUT2D eigenvalue weighted by Gasteiger charge is 2.26. The van der Waals surface area contributed by atoms with Crippen LogP contribution in [0.2, 0.25) is 0 Å². The van der Waals surface area contributed by atoms with E-state index in [1.807, 2.05) is 0 Å². The van der Waals surface area contributed by atoms with E-state index >= 15 is 0 Å². The summed E-state index contributed by atoms with van der Waals surface area (Å²) in [5, 5.41) is 0.694. The monoisotopic (exact) mass is 345 g/mol. The molecule has 0 fully saturated rings. The van der Waals surface area contributed by atoms with Crippen LogP contribution in [0.4, 0.5) is 0 Å². The van der Waals surface area contributed by atoms with Gasteiger partial charge in [-0.1, -0.05) is 0 Å². The molecule has 4 rings (SSSR count). The highest BCUT2D eigenvalue weighted by Crippen LogP contribution is 2.34. The number of carbonyl (C=O) groups excluding carboxylic acids is 1. The van der Waals surface area contributed by atoms with E-state index in [9.17, 15) is 17.8 Å². The Morgan fingerprint density at radius 2 is 1.96 bits per heavy atom. The van der Waals surface area contributed by atoms with Crippen molar-refractivity contribution in [1.82, 2.24) is 4.57 Å². The van der Waals surface area contributed by atoms with Gasteiger partial charge in [0.1, 0.15) is 0 Å². The molecule has 124 valence electrons. The lowest BCUT2D eigenvalue weighted by Crippen LogP contribution is -2.16. The fraction of sp³-hybridized carbons (Fsp3) is 0.235. The molecule has 0 atom stereocenters. The Bertz CT molecular complexity index is 1040. The Morgan fingerprint density at radius 3 is 2.67 bits per heavy atom.